The average Bonchev–Trinajstić information content (AvgIpc) is 2.74. The van der Waals surface area contributed by atoms with E-state index in [2.05, 4.69) is 47.1 Å². The van der Waals surface area contributed by atoms with Gasteiger partial charge in [0, 0.05) is 32.7 Å². The fourth-order valence-corrected chi connectivity index (χ4v) is 3.22. The lowest BCUT2D eigenvalue weighted by Gasteiger charge is -2.26. The number of rotatable bonds is 10. The Kier molecular flexibility index (Phi) is 7.91. The molecule has 5 nitrogen and oxygen atoms in total. The zero-order chi connectivity index (χ0) is 19.6. The van der Waals surface area contributed by atoms with E-state index in [1.165, 1.54) is 11.1 Å². The SMILES string of the molecule is C=CCOc1ccc(CNCc2ccc(CN3CCOCC3)cc2)cc1OC. The minimum absolute atomic E-state index is 0.468. The molecule has 0 spiro atoms. The first-order valence-electron chi connectivity index (χ1n) is 9.77. The second-order valence-electron chi connectivity index (χ2n) is 6.89. The monoisotopic (exact) mass is 382 g/mol. The minimum atomic E-state index is 0.468. The molecule has 150 valence electrons. The number of hydrogen-bond acceptors (Lipinski definition) is 5. The highest BCUT2D eigenvalue weighted by atomic mass is 16.5. The van der Waals surface area contributed by atoms with Crippen LogP contribution in [0.1, 0.15) is 16.7 Å². The summed E-state index contributed by atoms with van der Waals surface area (Å²) in [5.74, 6) is 1.48. The van der Waals surface area contributed by atoms with E-state index in [-0.39, 0.29) is 0 Å². The van der Waals surface area contributed by atoms with Crippen molar-refractivity contribution in [3.8, 4) is 11.5 Å². The van der Waals surface area contributed by atoms with Gasteiger partial charge in [0.15, 0.2) is 11.5 Å². The topological polar surface area (TPSA) is 43.0 Å². The molecule has 1 saturated heterocycles. The second kappa shape index (κ2) is 10.9. The molecule has 1 fully saturated rings. The Hall–Kier alpha value is -2.34. The van der Waals surface area contributed by atoms with E-state index in [1.54, 1.807) is 13.2 Å². The van der Waals surface area contributed by atoms with E-state index >= 15 is 0 Å². The van der Waals surface area contributed by atoms with Crippen molar-refractivity contribution in [1.82, 2.24) is 10.2 Å². The van der Waals surface area contributed by atoms with Gasteiger partial charge >= 0.3 is 0 Å². The van der Waals surface area contributed by atoms with Crippen LogP contribution in [0.15, 0.2) is 55.1 Å². The van der Waals surface area contributed by atoms with E-state index in [4.69, 9.17) is 14.2 Å². The summed E-state index contributed by atoms with van der Waals surface area (Å²) >= 11 is 0. The van der Waals surface area contributed by atoms with Crippen molar-refractivity contribution >= 4 is 0 Å². The van der Waals surface area contributed by atoms with Crippen molar-refractivity contribution < 1.29 is 14.2 Å². The predicted molar refractivity (Wildman–Crippen MR) is 112 cm³/mol. The average molecular weight is 383 g/mol. The number of methoxy groups -OCH3 is 1. The molecule has 1 aliphatic heterocycles. The van der Waals surface area contributed by atoms with E-state index < -0.39 is 0 Å². The van der Waals surface area contributed by atoms with Crippen LogP contribution in [0.2, 0.25) is 0 Å². The molecule has 28 heavy (non-hydrogen) atoms. The van der Waals surface area contributed by atoms with Crippen LogP contribution in [0, 0.1) is 0 Å². The molecule has 0 atom stereocenters. The smallest absolute Gasteiger partial charge is 0.161 e. The maximum atomic E-state index is 5.60. The van der Waals surface area contributed by atoms with E-state index in [1.807, 2.05) is 12.1 Å². The van der Waals surface area contributed by atoms with Gasteiger partial charge in [-0.05, 0) is 28.8 Å². The third-order valence-corrected chi connectivity index (χ3v) is 4.78. The van der Waals surface area contributed by atoms with Gasteiger partial charge in [0.2, 0.25) is 0 Å². The fourth-order valence-electron chi connectivity index (χ4n) is 3.22. The van der Waals surface area contributed by atoms with Gasteiger partial charge in [-0.25, -0.2) is 0 Å². The number of nitrogens with zero attached hydrogens (tertiary/aromatic N) is 1. The summed E-state index contributed by atoms with van der Waals surface area (Å²) in [7, 11) is 1.66. The van der Waals surface area contributed by atoms with Gasteiger partial charge in [-0.1, -0.05) is 43.0 Å². The maximum absolute atomic E-state index is 5.60. The van der Waals surface area contributed by atoms with Crippen LogP contribution >= 0.6 is 0 Å². The Balaban J connectivity index is 1.47. The number of hydrogen-bond donors (Lipinski definition) is 1. The van der Waals surface area contributed by atoms with Crippen LogP contribution in [0.3, 0.4) is 0 Å². The maximum Gasteiger partial charge on any atom is 0.161 e. The van der Waals surface area contributed by atoms with Crippen LogP contribution in [0.25, 0.3) is 0 Å². The molecule has 2 aromatic rings. The van der Waals surface area contributed by atoms with Crippen molar-refractivity contribution in [2.45, 2.75) is 19.6 Å². The van der Waals surface area contributed by atoms with Gasteiger partial charge in [0.25, 0.3) is 0 Å². The van der Waals surface area contributed by atoms with Gasteiger partial charge in [-0.15, -0.1) is 0 Å². The molecule has 1 heterocycles. The number of ether oxygens (including phenoxy) is 3. The second-order valence-corrected chi connectivity index (χ2v) is 6.89. The summed E-state index contributed by atoms with van der Waals surface area (Å²) < 4.78 is 16.4. The minimum Gasteiger partial charge on any atom is -0.493 e. The first-order valence-corrected chi connectivity index (χ1v) is 9.77. The Bertz CT molecular complexity index is 740. The molecule has 0 bridgehead atoms. The predicted octanol–water partition coefficient (Wildman–Crippen LogP) is 3.38. The normalized spacial score (nSPS) is 14.6. The Morgan fingerprint density at radius 3 is 2.39 bits per heavy atom. The molecule has 0 aromatic heterocycles. The van der Waals surface area contributed by atoms with Crippen molar-refractivity contribution in [2.75, 3.05) is 40.0 Å². The molecule has 5 heteroatoms. The lowest BCUT2D eigenvalue weighted by Crippen LogP contribution is -2.35. The zero-order valence-corrected chi connectivity index (χ0v) is 16.7. The fraction of sp³-hybridized carbons (Fsp3) is 0.391. The lowest BCUT2D eigenvalue weighted by atomic mass is 10.1. The molecule has 1 aliphatic rings. The zero-order valence-electron chi connectivity index (χ0n) is 16.7. The number of benzene rings is 2. The van der Waals surface area contributed by atoms with Gasteiger partial charge in [0.05, 0.1) is 20.3 Å². The molecule has 0 amide bonds. The highest BCUT2D eigenvalue weighted by molar-refractivity contribution is 5.43. The number of morpholine rings is 1. The lowest BCUT2D eigenvalue weighted by molar-refractivity contribution is 0.0342. The van der Waals surface area contributed by atoms with Crippen LogP contribution < -0.4 is 14.8 Å². The Labute approximate surface area is 167 Å². The molecular formula is C23H30N2O3. The standard InChI is InChI=1S/C23H30N2O3/c1-3-12-28-22-9-8-21(15-23(22)26-2)17-24-16-19-4-6-20(7-5-19)18-25-10-13-27-14-11-25/h3-9,15,24H,1,10-14,16-18H2,2H3. The quantitative estimate of drug-likeness (QED) is 0.638. The van der Waals surface area contributed by atoms with Crippen molar-refractivity contribution in [3.63, 3.8) is 0 Å². The summed E-state index contributed by atoms with van der Waals surface area (Å²) in [6.45, 7) is 10.5. The first kappa shape index (κ1) is 20.4. The highest BCUT2D eigenvalue weighted by Gasteiger charge is 2.10. The van der Waals surface area contributed by atoms with Gasteiger partial charge < -0.3 is 19.5 Å². The Morgan fingerprint density at radius 1 is 1.00 bits per heavy atom. The van der Waals surface area contributed by atoms with Crippen molar-refractivity contribution in [2.24, 2.45) is 0 Å². The van der Waals surface area contributed by atoms with Crippen LogP contribution in [0.4, 0.5) is 0 Å². The first-order chi connectivity index (χ1) is 13.8. The summed E-state index contributed by atoms with van der Waals surface area (Å²) in [6.07, 6.45) is 1.72. The van der Waals surface area contributed by atoms with Crippen LogP contribution in [0.5, 0.6) is 11.5 Å². The molecular weight excluding hydrogens is 352 g/mol. The largest absolute Gasteiger partial charge is 0.493 e. The summed E-state index contributed by atoms with van der Waals surface area (Å²) in [6, 6.07) is 14.9. The summed E-state index contributed by atoms with van der Waals surface area (Å²) in [4.78, 5) is 2.44. The van der Waals surface area contributed by atoms with E-state index in [9.17, 15) is 0 Å². The molecule has 0 unspecified atom stereocenters. The number of nitrogens with one attached hydrogen (secondary N) is 1. The third-order valence-electron chi connectivity index (χ3n) is 4.78. The molecule has 0 saturated carbocycles. The molecule has 3 rings (SSSR count). The highest BCUT2D eigenvalue weighted by Crippen LogP contribution is 2.28. The van der Waals surface area contributed by atoms with Gasteiger partial charge in [0.1, 0.15) is 6.61 Å². The summed E-state index contributed by atoms with van der Waals surface area (Å²) in [5, 5.41) is 3.49. The van der Waals surface area contributed by atoms with Crippen molar-refractivity contribution in [1.29, 1.82) is 0 Å². The van der Waals surface area contributed by atoms with E-state index in [0.29, 0.717) is 6.61 Å². The third kappa shape index (κ3) is 6.09. The molecule has 1 N–H and O–H groups in total. The van der Waals surface area contributed by atoms with E-state index in [0.717, 1.165) is 63.0 Å². The molecule has 2 aromatic carbocycles. The summed E-state index contributed by atoms with van der Waals surface area (Å²) in [5.41, 5.74) is 3.79. The van der Waals surface area contributed by atoms with Gasteiger partial charge in [-0.2, -0.15) is 0 Å². The van der Waals surface area contributed by atoms with Crippen LogP contribution in [-0.4, -0.2) is 44.9 Å². The molecule has 0 radical (unpaired) electrons. The van der Waals surface area contributed by atoms with Gasteiger partial charge in [-0.3, -0.25) is 4.90 Å². The van der Waals surface area contributed by atoms with Crippen LogP contribution in [-0.2, 0) is 24.4 Å². The van der Waals surface area contributed by atoms with Crippen molar-refractivity contribution in [3.05, 3.63) is 71.8 Å². The molecule has 0 aliphatic carbocycles. The Morgan fingerprint density at radius 2 is 1.68 bits per heavy atom.